The van der Waals surface area contributed by atoms with E-state index in [2.05, 4.69) is 12.2 Å². The van der Waals surface area contributed by atoms with Gasteiger partial charge in [-0.2, -0.15) is 0 Å². The predicted molar refractivity (Wildman–Crippen MR) is 80.5 cm³/mol. The molecule has 18 heavy (non-hydrogen) atoms. The van der Waals surface area contributed by atoms with Crippen LogP contribution >= 0.6 is 23.2 Å². The molecule has 0 heterocycles. The number of nitrogens with one attached hydrogen (secondary N) is 1. The van der Waals surface area contributed by atoms with E-state index in [0.717, 1.165) is 24.1 Å². The summed E-state index contributed by atoms with van der Waals surface area (Å²) in [7, 11) is 0. The average molecular weight is 287 g/mol. The summed E-state index contributed by atoms with van der Waals surface area (Å²) in [4.78, 5) is 0. The van der Waals surface area contributed by atoms with Gasteiger partial charge in [0.2, 0.25) is 0 Å². The maximum absolute atomic E-state index is 6.00. The van der Waals surface area contributed by atoms with Gasteiger partial charge in [0.15, 0.2) is 0 Å². The second-order valence-corrected chi connectivity index (χ2v) is 6.17. The van der Waals surface area contributed by atoms with Crippen molar-refractivity contribution in [2.45, 2.75) is 32.6 Å². The first kappa shape index (κ1) is 13.8. The van der Waals surface area contributed by atoms with Crippen molar-refractivity contribution in [1.29, 1.82) is 0 Å². The molecule has 1 aromatic rings. The van der Waals surface area contributed by atoms with Gasteiger partial charge in [-0.05, 0) is 36.8 Å². The predicted octanol–water partition coefficient (Wildman–Crippen LogP) is 4.81. The molecule has 0 aliphatic heterocycles. The molecule has 0 amide bonds. The van der Waals surface area contributed by atoms with Crippen LogP contribution < -0.4 is 11.1 Å². The molecule has 2 rings (SSSR count). The molecule has 0 bridgehead atoms. The highest BCUT2D eigenvalue weighted by molar-refractivity contribution is 6.42. The second-order valence-electron chi connectivity index (χ2n) is 5.36. The summed E-state index contributed by atoms with van der Waals surface area (Å²) in [5.41, 5.74) is 7.47. The Morgan fingerprint density at radius 2 is 1.78 bits per heavy atom. The van der Waals surface area contributed by atoms with E-state index in [0.29, 0.717) is 15.7 Å². The molecule has 1 saturated carbocycles. The van der Waals surface area contributed by atoms with Crippen LogP contribution in [0.2, 0.25) is 10.0 Å². The Balaban J connectivity index is 1.92. The van der Waals surface area contributed by atoms with Crippen molar-refractivity contribution in [3.63, 3.8) is 0 Å². The Kier molecular flexibility index (Phi) is 4.63. The minimum Gasteiger partial charge on any atom is -0.397 e. The van der Waals surface area contributed by atoms with E-state index < -0.39 is 0 Å². The minimum atomic E-state index is 0.506. The Labute approximate surface area is 119 Å². The molecular weight excluding hydrogens is 267 g/mol. The van der Waals surface area contributed by atoms with Crippen LogP contribution in [0, 0.1) is 11.8 Å². The summed E-state index contributed by atoms with van der Waals surface area (Å²) >= 11 is 11.9. The number of hydrogen-bond acceptors (Lipinski definition) is 2. The summed E-state index contributed by atoms with van der Waals surface area (Å²) in [6.45, 7) is 3.30. The fourth-order valence-corrected chi connectivity index (χ4v) is 2.84. The molecule has 1 aliphatic carbocycles. The van der Waals surface area contributed by atoms with Crippen molar-refractivity contribution < 1.29 is 0 Å². The first-order valence-electron chi connectivity index (χ1n) is 6.54. The molecule has 1 fully saturated rings. The van der Waals surface area contributed by atoms with E-state index in [1.54, 1.807) is 6.07 Å². The minimum absolute atomic E-state index is 0.506. The molecular formula is C14H20Cl2N2. The maximum atomic E-state index is 6.00. The van der Waals surface area contributed by atoms with E-state index in [4.69, 9.17) is 28.9 Å². The zero-order valence-corrected chi connectivity index (χ0v) is 12.2. The van der Waals surface area contributed by atoms with Crippen molar-refractivity contribution in [3.8, 4) is 0 Å². The first-order chi connectivity index (χ1) is 8.56. The molecule has 4 heteroatoms. The fourth-order valence-electron chi connectivity index (χ4n) is 2.50. The largest absolute Gasteiger partial charge is 0.397 e. The number of halogens is 2. The highest BCUT2D eigenvalue weighted by Crippen LogP contribution is 2.32. The van der Waals surface area contributed by atoms with Gasteiger partial charge in [0.05, 0.1) is 21.4 Å². The molecule has 1 aromatic carbocycles. The monoisotopic (exact) mass is 286 g/mol. The third-order valence-corrected chi connectivity index (χ3v) is 4.53. The van der Waals surface area contributed by atoms with Crippen molar-refractivity contribution in [3.05, 3.63) is 22.2 Å². The normalized spacial score (nSPS) is 23.9. The molecule has 0 unspecified atom stereocenters. The van der Waals surface area contributed by atoms with Crippen molar-refractivity contribution >= 4 is 34.6 Å². The molecule has 0 radical (unpaired) electrons. The van der Waals surface area contributed by atoms with Crippen LogP contribution in [0.25, 0.3) is 0 Å². The smallest absolute Gasteiger partial charge is 0.0614 e. The number of nitrogens with two attached hydrogens (primary N) is 1. The average Bonchev–Trinajstić information content (AvgIpc) is 2.34. The third-order valence-electron chi connectivity index (χ3n) is 3.81. The van der Waals surface area contributed by atoms with E-state index in [9.17, 15) is 0 Å². The van der Waals surface area contributed by atoms with Gasteiger partial charge in [-0.1, -0.05) is 43.0 Å². The van der Waals surface area contributed by atoms with Crippen LogP contribution in [0.15, 0.2) is 12.1 Å². The van der Waals surface area contributed by atoms with Gasteiger partial charge in [-0.15, -0.1) is 0 Å². The lowest BCUT2D eigenvalue weighted by atomic mass is 9.83. The zero-order chi connectivity index (χ0) is 13.1. The highest BCUT2D eigenvalue weighted by Gasteiger charge is 2.18. The van der Waals surface area contributed by atoms with Crippen molar-refractivity contribution in [1.82, 2.24) is 0 Å². The van der Waals surface area contributed by atoms with Crippen LogP contribution in [0.3, 0.4) is 0 Å². The second kappa shape index (κ2) is 6.03. The Morgan fingerprint density at radius 3 is 2.44 bits per heavy atom. The van der Waals surface area contributed by atoms with Crippen LogP contribution in [-0.2, 0) is 0 Å². The highest BCUT2D eigenvalue weighted by atomic mass is 35.5. The lowest BCUT2D eigenvalue weighted by Crippen LogP contribution is -2.20. The SMILES string of the molecule is CC1CCC(CNc2cc(Cl)c(Cl)cc2N)CC1. The molecule has 3 N–H and O–H groups in total. The van der Waals surface area contributed by atoms with E-state index in [-0.39, 0.29) is 0 Å². The first-order valence-corrected chi connectivity index (χ1v) is 7.30. The number of anilines is 2. The van der Waals surface area contributed by atoms with Gasteiger partial charge in [0.1, 0.15) is 0 Å². The van der Waals surface area contributed by atoms with Gasteiger partial charge in [-0.25, -0.2) is 0 Å². The number of benzene rings is 1. The summed E-state index contributed by atoms with van der Waals surface area (Å²) in [6, 6.07) is 3.51. The van der Waals surface area contributed by atoms with Crippen LogP contribution in [0.1, 0.15) is 32.6 Å². The van der Waals surface area contributed by atoms with Crippen LogP contribution in [0.4, 0.5) is 11.4 Å². The quantitative estimate of drug-likeness (QED) is 0.783. The molecule has 0 saturated heterocycles. The number of hydrogen-bond donors (Lipinski definition) is 2. The van der Waals surface area contributed by atoms with Gasteiger partial charge in [-0.3, -0.25) is 0 Å². The molecule has 100 valence electrons. The molecule has 1 aliphatic rings. The van der Waals surface area contributed by atoms with Gasteiger partial charge in [0, 0.05) is 6.54 Å². The van der Waals surface area contributed by atoms with Gasteiger partial charge < -0.3 is 11.1 Å². The third kappa shape index (κ3) is 3.46. The van der Waals surface area contributed by atoms with Crippen LogP contribution in [0.5, 0.6) is 0 Å². The maximum Gasteiger partial charge on any atom is 0.0614 e. The van der Waals surface area contributed by atoms with Gasteiger partial charge >= 0.3 is 0 Å². The fraction of sp³-hybridized carbons (Fsp3) is 0.571. The van der Waals surface area contributed by atoms with Crippen molar-refractivity contribution in [2.24, 2.45) is 11.8 Å². The Morgan fingerprint density at radius 1 is 1.17 bits per heavy atom. The number of nitrogen functional groups attached to an aromatic ring is 1. The van der Waals surface area contributed by atoms with Gasteiger partial charge in [0.25, 0.3) is 0 Å². The standard InChI is InChI=1S/C14H20Cl2N2/c1-9-2-4-10(5-3-9)8-18-14-7-12(16)11(15)6-13(14)17/h6-7,9-10,18H,2-5,8,17H2,1H3. The van der Waals surface area contributed by atoms with E-state index in [1.807, 2.05) is 6.07 Å². The van der Waals surface area contributed by atoms with Crippen molar-refractivity contribution in [2.75, 3.05) is 17.6 Å². The van der Waals surface area contributed by atoms with E-state index in [1.165, 1.54) is 25.7 Å². The topological polar surface area (TPSA) is 38.0 Å². The molecule has 0 atom stereocenters. The van der Waals surface area contributed by atoms with Crippen LogP contribution in [-0.4, -0.2) is 6.54 Å². The Hall–Kier alpha value is -0.600. The molecule has 0 aromatic heterocycles. The van der Waals surface area contributed by atoms with E-state index >= 15 is 0 Å². The zero-order valence-electron chi connectivity index (χ0n) is 10.7. The Bertz CT molecular complexity index is 413. The summed E-state index contributed by atoms with van der Waals surface area (Å²) in [6.07, 6.45) is 5.27. The number of rotatable bonds is 3. The lowest BCUT2D eigenvalue weighted by molar-refractivity contribution is 0.300. The molecule has 0 spiro atoms. The molecule has 2 nitrogen and oxygen atoms in total. The lowest BCUT2D eigenvalue weighted by Gasteiger charge is -2.26. The summed E-state index contributed by atoms with van der Waals surface area (Å²) < 4.78 is 0. The summed E-state index contributed by atoms with van der Waals surface area (Å²) in [5, 5.41) is 4.45. The summed E-state index contributed by atoms with van der Waals surface area (Å²) in [5.74, 6) is 1.63.